The smallest absolute Gasteiger partial charge is 0.251 e. The third-order valence-electron chi connectivity index (χ3n) is 4.26. The minimum atomic E-state index is -0.769. The number of carbonyl (C=O) groups is 1. The molecule has 2 heterocycles. The van der Waals surface area contributed by atoms with Gasteiger partial charge >= 0.3 is 0 Å². The zero-order chi connectivity index (χ0) is 18.4. The Morgan fingerprint density at radius 1 is 1.27 bits per heavy atom. The molecule has 0 spiro atoms. The summed E-state index contributed by atoms with van der Waals surface area (Å²) >= 11 is 0. The van der Waals surface area contributed by atoms with Gasteiger partial charge in [0.05, 0.1) is 11.1 Å². The van der Waals surface area contributed by atoms with E-state index in [2.05, 4.69) is 15.4 Å². The second-order valence-corrected chi connectivity index (χ2v) is 5.99. The van der Waals surface area contributed by atoms with Gasteiger partial charge in [0.2, 0.25) is 0 Å². The Morgan fingerprint density at radius 3 is 2.81 bits per heavy atom. The number of carbonyl (C=O) groups excluding carboxylic acids is 1. The number of primary amides is 1. The van der Waals surface area contributed by atoms with Crippen LogP contribution in [0.25, 0.3) is 27.8 Å². The minimum absolute atomic E-state index is 0.00491. The van der Waals surface area contributed by atoms with E-state index in [1.54, 1.807) is 25.4 Å². The van der Waals surface area contributed by atoms with Gasteiger partial charge in [-0.3, -0.25) is 9.89 Å². The fourth-order valence-electron chi connectivity index (χ4n) is 3.15. The third-order valence-corrected chi connectivity index (χ3v) is 4.26. The number of aromatic nitrogens is 3. The van der Waals surface area contributed by atoms with Crippen molar-refractivity contribution in [2.75, 3.05) is 7.05 Å². The summed E-state index contributed by atoms with van der Waals surface area (Å²) in [5, 5.41) is 5.96. The molecular formula is C18H15F2N5O. The van der Waals surface area contributed by atoms with Gasteiger partial charge in [-0.1, -0.05) is 6.07 Å². The number of nitrogens with zero attached hydrogens (tertiary/aromatic N) is 2. The standard InChI is InChI=1S/C18H15F2N5O/c1-22-7-9-2-3-14(20)11(4-9)13-8-23-25-16-12(17(21)26)5-10(19)6-15(16)24-18(13)25/h2-6,8,22-23H,7H2,1H3,(H2,21,26). The second-order valence-electron chi connectivity index (χ2n) is 5.99. The van der Waals surface area contributed by atoms with Crippen LogP contribution in [0.5, 0.6) is 0 Å². The first kappa shape index (κ1) is 16.2. The molecule has 0 atom stereocenters. The van der Waals surface area contributed by atoms with Crippen molar-refractivity contribution in [2.24, 2.45) is 5.73 Å². The van der Waals surface area contributed by atoms with Crippen LogP contribution in [0, 0.1) is 11.6 Å². The average molecular weight is 355 g/mol. The molecule has 4 rings (SSSR count). The third kappa shape index (κ3) is 2.42. The van der Waals surface area contributed by atoms with Gasteiger partial charge in [-0.2, -0.15) is 0 Å². The summed E-state index contributed by atoms with van der Waals surface area (Å²) in [6, 6.07) is 7.09. The van der Waals surface area contributed by atoms with Crippen molar-refractivity contribution < 1.29 is 13.6 Å². The van der Waals surface area contributed by atoms with Crippen molar-refractivity contribution in [2.45, 2.75) is 6.54 Å². The maximum absolute atomic E-state index is 14.4. The molecule has 0 aliphatic carbocycles. The molecule has 0 radical (unpaired) electrons. The number of hydrogen-bond acceptors (Lipinski definition) is 3. The predicted molar refractivity (Wildman–Crippen MR) is 93.7 cm³/mol. The van der Waals surface area contributed by atoms with Crippen LogP contribution < -0.4 is 11.1 Å². The molecule has 0 unspecified atom stereocenters. The molecule has 0 fully saturated rings. The molecule has 26 heavy (non-hydrogen) atoms. The van der Waals surface area contributed by atoms with E-state index < -0.39 is 17.5 Å². The molecule has 4 N–H and O–H groups in total. The Labute approximate surface area is 146 Å². The van der Waals surface area contributed by atoms with Gasteiger partial charge in [0.25, 0.3) is 5.91 Å². The first-order valence-electron chi connectivity index (χ1n) is 7.92. The number of amides is 1. The van der Waals surface area contributed by atoms with E-state index in [-0.39, 0.29) is 11.1 Å². The minimum Gasteiger partial charge on any atom is -0.366 e. The Kier molecular flexibility index (Phi) is 3.69. The van der Waals surface area contributed by atoms with Crippen LogP contribution in [0.2, 0.25) is 0 Å². The SMILES string of the molecule is CNCc1ccc(F)c(-c2c[nH]n3c2nc2cc(F)cc(C(N)=O)c23)c1. The van der Waals surface area contributed by atoms with Crippen molar-refractivity contribution >= 4 is 22.6 Å². The number of nitrogens with one attached hydrogen (secondary N) is 2. The molecule has 0 saturated carbocycles. The topological polar surface area (TPSA) is 88.2 Å². The summed E-state index contributed by atoms with van der Waals surface area (Å²) in [5.41, 5.74) is 8.15. The number of nitrogens with two attached hydrogens (primary N) is 1. The zero-order valence-corrected chi connectivity index (χ0v) is 13.8. The Balaban J connectivity index is 2.01. The van der Waals surface area contributed by atoms with Gasteiger partial charge in [0.1, 0.15) is 17.2 Å². The van der Waals surface area contributed by atoms with E-state index in [9.17, 15) is 13.6 Å². The fraction of sp³-hybridized carbons (Fsp3) is 0.111. The maximum Gasteiger partial charge on any atom is 0.251 e. The molecule has 6 nitrogen and oxygen atoms in total. The number of rotatable bonds is 4. The molecule has 0 aliphatic rings. The first-order chi connectivity index (χ1) is 12.5. The molecule has 0 bridgehead atoms. The van der Waals surface area contributed by atoms with E-state index in [1.165, 1.54) is 16.6 Å². The first-order valence-corrected chi connectivity index (χ1v) is 7.92. The highest BCUT2D eigenvalue weighted by Gasteiger charge is 2.20. The van der Waals surface area contributed by atoms with Crippen LogP contribution in [0.3, 0.4) is 0 Å². The van der Waals surface area contributed by atoms with Gasteiger partial charge < -0.3 is 11.1 Å². The van der Waals surface area contributed by atoms with E-state index in [1.807, 2.05) is 0 Å². The van der Waals surface area contributed by atoms with Crippen LogP contribution in [-0.4, -0.2) is 27.6 Å². The van der Waals surface area contributed by atoms with E-state index in [0.717, 1.165) is 11.6 Å². The summed E-state index contributed by atoms with van der Waals surface area (Å²) < 4.78 is 29.7. The lowest BCUT2D eigenvalue weighted by atomic mass is 10.0. The van der Waals surface area contributed by atoms with Crippen molar-refractivity contribution in [1.82, 2.24) is 19.9 Å². The van der Waals surface area contributed by atoms with E-state index >= 15 is 0 Å². The van der Waals surface area contributed by atoms with Crippen molar-refractivity contribution in [3.63, 3.8) is 0 Å². The number of hydrogen-bond donors (Lipinski definition) is 3. The molecule has 1 amide bonds. The quantitative estimate of drug-likeness (QED) is 0.526. The lowest BCUT2D eigenvalue weighted by molar-refractivity contribution is 0.100. The van der Waals surface area contributed by atoms with E-state index in [4.69, 9.17) is 5.73 Å². The van der Waals surface area contributed by atoms with Gasteiger partial charge in [0, 0.05) is 29.9 Å². The molecule has 0 aliphatic heterocycles. The van der Waals surface area contributed by atoms with Crippen LogP contribution in [-0.2, 0) is 6.54 Å². The number of H-pyrrole nitrogens is 1. The van der Waals surface area contributed by atoms with Crippen LogP contribution in [0.15, 0.2) is 36.5 Å². The lowest BCUT2D eigenvalue weighted by Gasteiger charge is -2.05. The van der Waals surface area contributed by atoms with Gasteiger partial charge in [-0.25, -0.2) is 18.3 Å². The highest BCUT2D eigenvalue weighted by atomic mass is 19.1. The second kappa shape index (κ2) is 5.92. The maximum atomic E-state index is 14.4. The van der Waals surface area contributed by atoms with Gasteiger partial charge in [-0.05, 0) is 30.8 Å². The fourth-order valence-corrected chi connectivity index (χ4v) is 3.15. The van der Waals surface area contributed by atoms with Gasteiger partial charge in [-0.15, -0.1) is 0 Å². The molecule has 2 aromatic carbocycles. The summed E-state index contributed by atoms with van der Waals surface area (Å²) in [6.45, 7) is 0.585. The molecule has 2 aromatic heterocycles. The largest absolute Gasteiger partial charge is 0.366 e. The number of aromatic amines is 1. The normalized spacial score (nSPS) is 11.5. The summed E-state index contributed by atoms with van der Waals surface area (Å²) in [6.07, 6.45) is 1.59. The average Bonchev–Trinajstić information content (AvgIpc) is 3.14. The van der Waals surface area contributed by atoms with Crippen molar-refractivity contribution in [3.8, 4) is 11.1 Å². The highest BCUT2D eigenvalue weighted by molar-refractivity contribution is 6.05. The number of benzene rings is 2. The van der Waals surface area contributed by atoms with Crippen molar-refractivity contribution in [1.29, 1.82) is 0 Å². The van der Waals surface area contributed by atoms with Crippen LogP contribution in [0.1, 0.15) is 15.9 Å². The van der Waals surface area contributed by atoms with Crippen LogP contribution >= 0.6 is 0 Å². The molecule has 132 valence electrons. The summed E-state index contributed by atoms with van der Waals surface area (Å²) in [5.74, 6) is -1.79. The zero-order valence-electron chi connectivity index (χ0n) is 13.8. The molecule has 8 heteroatoms. The number of halogens is 2. The molecular weight excluding hydrogens is 340 g/mol. The predicted octanol–water partition coefficient (Wildman–Crippen LogP) is 2.58. The number of fused-ring (bicyclic) bond motifs is 3. The number of imidazole rings is 1. The lowest BCUT2D eigenvalue weighted by Crippen LogP contribution is -2.12. The van der Waals surface area contributed by atoms with Crippen LogP contribution in [0.4, 0.5) is 8.78 Å². The Morgan fingerprint density at radius 2 is 2.08 bits per heavy atom. The monoisotopic (exact) mass is 355 g/mol. The highest BCUT2D eigenvalue weighted by Crippen LogP contribution is 2.31. The van der Waals surface area contributed by atoms with E-state index in [0.29, 0.717) is 28.8 Å². The molecule has 0 saturated heterocycles. The van der Waals surface area contributed by atoms with Gasteiger partial charge in [0.15, 0.2) is 5.65 Å². The summed E-state index contributed by atoms with van der Waals surface area (Å²) in [4.78, 5) is 16.1. The van der Waals surface area contributed by atoms with Crippen molar-refractivity contribution in [3.05, 3.63) is 59.3 Å². The Bertz CT molecular complexity index is 1160. The molecule has 4 aromatic rings. The Hall–Kier alpha value is -3.26. The summed E-state index contributed by atoms with van der Waals surface area (Å²) in [7, 11) is 1.80.